The van der Waals surface area contributed by atoms with Gasteiger partial charge in [0.1, 0.15) is 17.9 Å². The second-order valence-corrected chi connectivity index (χ2v) is 7.27. The standard InChI is InChI=1S/C26H25NO4.C2H6/c1-2-29-25(28)15-21-7-3-4-9-24(21)31-17-19-13-22-10-11-30-26(22)23(14-19)20-8-5-6-18(12-20)16-27;1-2/h3-14H,2,15-17,27H2,1H3;1-2H3. The third-order valence-corrected chi connectivity index (χ3v) is 5.09. The minimum atomic E-state index is -0.263. The largest absolute Gasteiger partial charge is 0.489 e. The minimum absolute atomic E-state index is 0.182. The van der Waals surface area contributed by atoms with Crippen molar-refractivity contribution in [2.45, 2.75) is 40.3 Å². The van der Waals surface area contributed by atoms with E-state index >= 15 is 0 Å². The van der Waals surface area contributed by atoms with Gasteiger partial charge < -0.3 is 19.6 Å². The highest BCUT2D eigenvalue weighted by Crippen LogP contribution is 2.32. The molecule has 0 aliphatic rings. The molecule has 0 saturated carbocycles. The van der Waals surface area contributed by atoms with Crippen LogP contribution in [0.3, 0.4) is 0 Å². The number of hydrogen-bond donors (Lipinski definition) is 1. The molecule has 0 spiro atoms. The maximum Gasteiger partial charge on any atom is 0.310 e. The molecule has 0 fully saturated rings. The Morgan fingerprint density at radius 1 is 0.970 bits per heavy atom. The third-order valence-electron chi connectivity index (χ3n) is 5.09. The monoisotopic (exact) mass is 445 g/mol. The molecule has 1 heterocycles. The van der Waals surface area contributed by atoms with Crippen LogP contribution in [-0.4, -0.2) is 12.6 Å². The van der Waals surface area contributed by atoms with Crippen LogP contribution in [0.4, 0.5) is 0 Å². The molecule has 0 saturated heterocycles. The van der Waals surface area contributed by atoms with Crippen LogP contribution < -0.4 is 10.5 Å². The van der Waals surface area contributed by atoms with Crippen molar-refractivity contribution in [3.05, 3.63) is 89.7 Å². The lowest BCUT2D eigenvalue weighted by Gasteiger charge is -2.13. The molecule has 0 atom stereocenters. The van der Waals surface area contributed by atoms with Crippen LogP contribution in [-0.2, 0) is 29.1 Å². The van der Waals surface area contributed by atoms with E-state index in [0.29, 0.717) is 25.5 Å². The van der Waals surface area contributed by atoms with Gasteiger partial charge in [0.25, 0.3) is 0 Å². The van der Waals surface area contributed by atoms with Gasteiger partial charge in [0.15, 0.2) is 0 Å². The van der Waals surface area contributed by atoms with Crippen LogP contribution in [0.15, 0.2) is 77.4 Å². The maximum atomic E-state index is 11.9. The lowest BCUT2D eigenvalue weighted by atomic mass is 9.99. The first-order valence-electron chi connectivity index (χ1n) is 11.3. The summed E-state index contributed by atoms with van der Waals surface area (Å²) in [5, 5.41) is 1.01. The first-order chi connectivity index (χ1) is 16.2. The summed E-state index contributed by atoms with van der Waals surface area (Å²) in [6.07, 6.45) is 1.88. The van der Waals surface area contributed by atoms with Gasteiger partial charge in [-0.2, -0.15) is 0 Å². The highest BCUT2D eigenvalue weighted by molar-refractivity contribution is 5.93. The molecule has 0 unspecified atom stereocenters. The van der Waals surface area contributed by atoms with E-state index in [9.17, 15) is 4.79 Å². The summed E-state index contributed by atoms with van der Waals surface area (Å²) >= 11 is 0. The number of fused-ring (bicyclic) bond motifs is 1. The number of carbonyl (C=O) groups is 1. The van der Waals surface area contributed by atoms with Gasteiger partial charge in [0.05, 0.1) is 19.3 Å². The summed E-state index contributed by atoms with van der Waals surface area (Å²) in [6, 6.07) is 21.8. The zero-order valence-corrected chi connectivity index (χ0v) is 19.5. The second-order valence-electron chi connectivity index (χ2n) is 7.27. The highest BCUT2D eigenvalue weighted by Gasteiger charge is 2.13. The molecule has 0 aliphatic heterocycles. The van der Waals surface area contributed by atoms with Crippen molar-refractivity contribution in [2.24, 2.45) is 5.73 Å². The Balaban J connectivity index is 0.00000149. The van der Waals surface area contributed by atoms with Crippen molar-refractivity contribution in [1.82, 2.24) is 0 Å². The van der Waals surface area contributed by atoms with E-state index in [2.05, 4.69) is 24.3 Å². The van der Waals surface area contributed by atoms with Crippen LogP contribution in [0, 0.1) is 0 Å². The van der Waals surface area contributed by atoms with Crippen LogP contribution in [0.5, 0.6) is 5.75 Å². The van der Waals surface area contributed by atoms with E-state index in [0.717, 1.165) is 38.8 Å². The van der Waals surface area contributed by atoms with E-state index in [4.69, 9.17) is 19.6 Å². The predicted octanol–water partition coefficient (Wildman–Crippen LogP) is 6.27. The fourth-order valence-electron chi connectivity index (χ4n) is 3.63. The maximum absolute atomic E-state index is 11.9. The third kappa shape index (κ3) is 6.02. The van der Waals surface area contributed by atoms with E-state index in [1.165, 1.54) is 0 Å². The topological polar surface area (TPSA) is 74.7 Å². The molecule has 33 heavy (non-hydrogen) atoms. The molecule has 172 valence electrons. The van der Waals surface area contributed by atoms with E-state index < -0.39 is 0 Å². The molecule has 0 aliphatic carbocycles. The molecular weight excluding hydrogens is 414 g/mol. The van der Waals surface area contributed by atoms with Crippen molar-refractivity contribution in [1.29, 1.82) is 0 Å². The number of ether oxygens (including phenoxy) is 2. The molecule has 0 bridgehead atoms. The zero-order valence-electron chi connectivity index (χ0n) is 19.5. The lowest BCUT2D eigenvalue weighted by molar-refractivity contribution is -0.142. The fourth-order valence-corrected chi connectivity index (χ4v) is 3.63. The first kappa shape index (κ1) is 24.1. The molecule has 0 radical (unpaired) electrons. The molecule has 4 aromatic rings. The molecule has 5 heteroatoms. The van der Waals surface area contributed by atoms with Crippen LogP contribution in [0.1, 0.15) is 37.5 Å². The summed E-state index contributed by atoms with van der Waals surface area (Å²) in [4.78, 5) is 11.9. The fraction of sp³-hybridized carbons (Fsp3) is 0.250. The van der Waals surface area contributed by atoms with Crippen LogP contribution in [0.25, 0.3) is 22.1 Å². The number of hydrogen-bond acceptors (Lipinski definition) is 5. The first-order valence-corrected chi connectivity index (χ1v) is 11.3. The van der Waals surface area contributed by atoms with Gasteiger partial charge in [-0.1, -0.05) is 50.2 Å². The van der Waals surface area contributed by atoms with E-state index in [-0.39, 0.29) is 12.4 Å². The molecule has 0 amide bonds. The minimum Gasteiger partial charge on any atom is -0.489 e. The summed E-state index contributed by atoms with van der Waals surface area (Å²) in [6.45, 7) is 7.01. The Morgan fingerprint density at radius 2 is 1.79 bits per heavy atom. The second kappa shape index (κ2) is 11.9. The van der Waals surface area contributed by atoms with Gasteiger partial charge in [-0.25, -0.2) is 0 Å². The quantitative estimate of drug-likeness (QED) is 0.324. The van der Waals surface area contributed by atoms with Crippen LogP contribution in [0.2, 0.25) is 0 Å². The highest BCUT2D eigenvalue weighted by atomic mass is 16.5. The molecular formula is C28H31NO4. The Morgan fingerprint density at radius 3 is 2.58 bits per heavy atom. The van der Waals surface area contributed by atoms with Crippen molar-refractivity contribution in [3.8, 4) is 16.9 Å². The average Bonchev–Trinajstić information content (AvgIpc) is 3.33. The summed E-state index contributed by atoms with van der Waals surface area (Å²) < 4.78 is 16.9. The van der Waals surface area contributed by atoms with Gasteiger partial charge in [-0.15, -0.1) is 0 Å². The smallest absolute Gasteiger partial charge is 0.310 e. The van der Waals surface area contributed by atoms with E-state index in [1.54, 1.807) is 13.2 Å². The summed E-state index contributed by atoms with van der Waals surface area (Å²) in [5.74, 6) is 0.412. The molecule has 1 aromatic heterocycles. The number of furan rings is 1. The Hall–Kier alpha value is -3.57. The van der Waals surface area contributed by atoms with Crippen molar-refractivity contribution in [3.63, 3.8) is 0 Å². The SMILES string of the molecule is CC.CCOC(=O)Cc1ccccc1OCc1cc(-c2cccc(CN)c2)c2occc2c1. The van der Waals surface area contributed by atoms with Crippen molar-refractivity contribution in [2.75, 3.05) is 6.61 Å². The Bertz CT molecular complexity index is 1200. The predicted molar refractivity (Wildman–Crippen MR) is 132 cm³/mol. The Kier molecular flexibility index (Phi) is 8.67. The summed E-state index contributed by atoms with van der Waals surface area (Å²) in [7, 11) is 0. The molecule has 5 nitrogen and oxygen atoms in total. The number of carbonyl (C=O) groups excluding carboxylic acids is 1. The van der Waals surface area contributed by atoms with E-state index in [1.807, 2.05) is 56.3 Å². The number of rotatable bonds is 8. The van der Waals surface area contributed by atoms with Gasteiger partial charge >= 0.3 is 5.97 Å². The number of esters is 1. The Labute approximate surface area is 195 Å². The van der Waals surface area contributed by atoms with Gasteiger partial charge in [-0.05, 0) is 53.9 Å². The number of nitrogens with two attached hydrogens (primary N) is 1. The van der Waals surface area contributed by atoms with Crippen molar-refractivity contribution < 1.29 is 18.7 Å². The summed E-state index contributed by atoms with van der Waals surface area (Å²) in [5.41, 5.74) is 11.6. The zero-order chi connectivity index (χ0) is 23.6. The normalized spacial score (nSPS) is 10.4. The number of benzene rings is 3. The van der Waals surface area contributed by atoms with Crippen LogP contribution >= 0.6 is 0 Å². The van der Waals surface area contributed by atoms with Gasteiger partial charge in [0, 0.05) is 23.1 Å². The lowest BCUT2D eigenvalue weighted by Crippen LogP contribution is -2.09. The van der Waals surface area contributed by atoms with Crippen molar-refractivity contribution >= 4 is 16.9 Å². The molecule has 3 aromatic carbocycles. The van der Waals surface area contributed by atoms with Gasteiger partial charge in [-0.3, -0.25) is 4.79 Å². The molecule has 2 N–H and O–H groups in total. The average molecular weight is 446 g/mol. The number of para-hydroxylation sites is 1. The molecule has 4 rings (SSSR count). The van der Waals surface area contributed by atoms with Gasteiger partial charge in [0.2, 0.25) is 0 Å².